The van der Waals surface area contributed by atoms with E-state index in [1.54, 1.807) is 24.3 Å². The molecule has 1 aliphatic carbocycles. The maximum absolute atomic E-state index is 13.4. The van der Waals surface area contributed by atoms with Gasteiger partial charge in [-0.3, -0.25) is 4.68 Å². The van der Waals surface area contributed by atoms with Gasteiger partial charge in [0.1, 0.15) is 17.2 Å². The van der Waals surface area contributed by atoms with E-state index < -0.39 is 5.79 Å². The number of benzene rings is 1. The van der Waals surface area contributed by atoms with E-state index in [2.05, 4.69) is 5.10 Å². The van der Waals surface area contributed by atoms with E-state index in [1.165, 1.54) is 10.7 Å². The van der Waals surface area contributed by atoms with Crippen molar-refractivity contribution in [3.63, 3.8) is 0 Å². The molecule has 2 heterocycles. The number of rotatable bonds is 2. The van der Waals surface area contributed by atoms with Crippen molar-refractivity contribution in [1.29, 1.82) is 0 Å². The van der Waals surface area contributed by atoms with E-state index in [0.29, 0.717) is 11.3 Å². The maximum atomic E-state index is 13.4. The quantitative estimate of drug-likeness (QED) is 0.727. The van der Waals surface area contributed by atoms with Gasteiger partial charge in [-0.15, -0.1) is 0 Å². The normalized spacial score (nSPS) is 15.9. The number of nitrogens with zero attached hydrogens (tertiary/aromatic N) is 2. The first-order valence-corrected chi connectivity index (χ1v) is 4.86. The Kier molecular flexibility index (Phi) is 1.72. The van der Waals surface area contributed by atoms with Crippen LogP contribution < -0.4 is 0 Å². The zero-order valence-corrected chi connectivity index (χ0v) is 8.26. The Hall–Kier alpha value is -1.72. The molecule has 0 amide bonds. The van der Waals surface area contributed by atoms with Crippen LogP contribution in [-0.4, -0.2) is 20.0 Å². The number of halogens is 1. The minimum Gasteiger partial charge on any atom is -0.356 e. The van der Waals surface area contributed by atoms with E-state index in [9.17, 15) is 14.6 Å². The van der Waals surface area contributed by atoms with Gasteiger partial charge in [-0.25, -0.2) is 4.39 Å². The zero-order chi connectivity index (χ0) is 11.3. The lowest BCUT2D eigenvalue weighted by atomic mass is 10.0. The lowest BCUT2D eigenvalue weighted by Crippen LogP contribution is -2.31. The molecule has 0 radical (unpaired) electrons. The van der Waals surface area contributed by atoms with Crippen LogP contribution in [0.25, 0.3) is 0 Å². The number of hydrogen-bond donors (Lipinski definition) is 2. The van der Waals surface area contributed by atoms with E-state index in [0.717, 1.165) is 0 Å². The number of fused-ring (bicyclic) bond motifs is 1. The van der Waals surface area contributed by atoms with Gasteiger partial charge in [-0.1, -0.05) is 18.2 Å². The third-order valence-electron chi connectivity index (χ3n) is 2.77. The average Bonchev–Trinajstić information content (AvgIpc) is 2.77. The molecular formula is C11H9FN2O2. The largest absolute Gasteiger partial charge is 0.356 e. The van der Waals surface area contributed by atoms with Gasteiger partial charge in [0, 0.05) is 5.56 Å². The maximum Gasteiger partial charge on any atom is 0.253 e. The van der Waals surface area contributed by atoms with Crippen LogP contribution in [-0.2, 0) is 12.3 Å². The van der Waals surface area contributed by atoms with Gasteiger partial charge in [0.15, 0.2) is 0 Å². The van der Waals surface area contributed by atoms with Crippen molar-refractivity contribution >= 4 is 0 Å². The number of aromatic nitrogens is 2. The van der Waals surface area contributed by atoms with Crippen LogP contribution in [0.5, 0.6) is 0 Å². The summed E-state index contributed by atoms with van der Waals surface area (Å²) in [5.74, 6) is -2.26. The summed E-state index contributed by atoms with van der Waals surface area (Å²) in [6.07, 6.45) is 0. The fourth-order valence-electron chi connectivity index (χ4n) is 1.83. The van der Waals surface area contributed by atoms with Gasteiger partial charge in [0.05, 0.1) is 6.54 Å². The highest BCUT2D eigenvalue weighted by molar-refractivity contribution is 5.36. The molecule has 82 valence electrons. The van der Waals surface area contributed by atoms with Gasteiger partial charge in [-0.2, -0.15) is 5.10 Å². The van der Waals surface area contributed by atoms with Crippen LogP contribution >= 0.6 is 0 Å². The monoisotopic (exact) mass is 220 g/mol. The molecule has 1 aromatic carbocycles. The van der Waals surface area contributed by atoms with Crippen LogP contribution in [0.2, 0.25) is 0 Å². The predicted octanol–water partition coefficient (Wildman–Crippen LogP) is 0.570. The Morgan fingerprint density at radius 3 is 2.62 bits per heavy atom. The Morgan fingerprint density at radius 2 is 2.06 bits per heavy atom. The molecule has 0 saturated carbocycles. The van der Waals surface area contributed by atoms with Gasteiger partial charge in [-0.05, 0) is 12.1 Å². The summed E-state index contributed by atoms with van der Waals surface area (Å²) in [5, 5.41) is 22.8. The predicted molar refractivity (Wildman–Crippen MR) is 52.9 cm³/mol. The molecule has 0 saturated heterocycles. The van der Waals surface area contributed by atoms with Crippen LogP contribution in [0, 0.1) is 5.82 Å². The fraction of sp³-hybridized carbons (Fsp3) is 0.182. The molecule has 2 aliphatic rings. The molecule has 0 spiro atoms. The molecule has 4 nitrogen and oxygen atoms in total. The molecule has 2 N–H and O–H groups in total. The van der Waals surface area contributed by atoms with Crippen LogP contribution in [0.1, 0.15) is 17.0 Å². The minimum absolute atomic E-state index is 0.199. The second kappa shape index (κ2) is 2.90. The molecule has 5 heteroatoms. The molecule has 1 aromatic heterocycles. The first-order chi connectivity index (χ1) is 7.59. The molecule has 2 aromatic rings. The van der Waals surface area contributed by atoms with Crippen LogP contribution in [0.4, 0.5) is 4.39 Å². The highest BCUT2D eigenvalue weighted by Crippen LogP contribution is 2.36. The molecule has 1 aliphatic heterocycles. The van der Waals surface area contributed by atoms with Crippen LogP contribution in [0.15, 0.2) is 30.3 Å². The lowest BCUT2D eigenvalue weighted by molar-refractivity contribution is -0.144. The lowest BCUT2D eigenvalue weighted by Gasteiger charge is -2.21. The molecule has 0 fully saturated rings. The molecule has 0 atom stereocenters. The summed E-state index contributed by atoms with van der Waals surface area (Å²) in [6, 6.07) is 7.91. The topological polar surface area (TPSA) is 58.3 Å². The second-order valence-corrected chi connectivity index (χ2v) is 3.84. The standard InChI is InChI=1S/C11H9FN2O2/c12-8-4-2-1-3-7(8)6-14-10-5-9(13-14)11(10,15)16/h1-5,15-16H,6H2. The smallest absolute Gasteiger partial charge is 0.253 e. The Labute approximate surface area is 90.6 Å². The van der Waals surface area contributed by atoms with Crippen molar-refractivity contribution in [1.82, 2.24) is 9.78 Å². The Balaban J connectivity index is 1.93. The zero-order valence-electron chi connectivity index (χ0n) is 8.26. The number of aliphatic hydroxyl groups is 2. The second-order valence-electron chi connectivity index (χ2n) is 3.84. The summed E-state index contributed by atoms with van der Waals surface area (Å²) in [5.41, 5.74) is 0.973. The molecule has 16 heavy (non-hydrogen) atoms. The summed E-state index contributed by atoms with van der Waals surface area (Å²) >= 11 is 0. The van der Waals surface area contributed by atoms with E-state index in [4.69, 9.17) is 0 Å². The van der Waals surface area contributed by atoms with Crippen molar-refractivity contribution in [2.75, 3.05) is 0 Å². The Morgan fingerprint density at radius 1 is 1.31 bits per heavy atom. The summed E-state index contributed by atoms with van der Waals surface area (Å²) in [7, 11) is 0. The molecule has 0 unspecified atom stereocenters. The third-order valence-corrected chi connectivity index (χ3v) is 2.77. The van der Waals surface area contributed by atoms with E-state index in [-0.39, 0.29) is 18.1 Å². The minimum atomic E-state index is -1.94. The fourth-order valence-corrected chi connectivity index (χ4v) is 1.83. The molecule has 2 bridgehead atoms. The highest BCUT2D eigenvalue weighted by atomic mass is 19.1. The van der Waals surface area contributed by atoms with Gasteiger partial charge in [0.2, 0.25) is 0 Å². The van der Waals surface area contributed by atoms with Gasteiger partial charge in [0.25, 0.3) is 5.79 Å². The van der Waals surface area contributed by atoms with Crippen molar-refractivity contribution in [3.05, 3.63) is 53.1 Å². The summed E-state index contributed by atoms with van der Waals surface area (Å²) < 4.78 is 14.8. The van der Waals surface area contributed by atoms with Crippen molar-refractivity contribution < 1.29 is 14.6 Å². The highest BCUT2D eigenvalue weighted by Gasteiger charge is 2.45. The summed E-state index contributed by atoms with van der Waals surface area (Å²) in [6.45, 7) is 0.199. The summed E-state index contributed by atoms with van der Waals surface area (Å²) in [4.78, 5) is 0. The SMILES string of the molecule is OC1(O)c2cc1n(Cc1ccccc1F)n2. The van der Waals surface area contributed by atoms with E-state index >= 15 is 0 Å². The van der Waals surface area contributed by atoms with Gasteiger partial charge >= 0.3 is 0 Å². The molecule has 4 rings (SSSR count). The van der Waals surface area contributed by atoms with Crippen molar-refractivity contribution in [2.45, 2.75) is 12.3 Å². The third kappa shape index (κ3) is 1.12. The molecular weight excluding hydrogens is 211 g/mol. The van der Waals surface area contributed by atoms with Gasteiger partial charge < -0.3 is 10.2 Å². The average molecular weight is 220 g/mol. The van der Waals surface area contributed by atoms with E-state index in [1.807, 2.05) is 0 Å². The van der Waals surface area contributed by atoms with Crippen molar-refractivity contribution in [3.8, 4) is 0 Å². The van der Waals surface area contributed by atoms with Crippen molar-refractivity contribution in [2.24, 2.45) is 0 Å². The van der Waals surface area contributed by atoms with Crippen LogP contribution in [0.3, 0.4) is 0 Å². The first-order valence-electron chi connectivity index (χ1n) is 4.86. The number of hydrogen-bond acceptors (Lipinski definition) is 3. The first kappa shape index (κ1) is 9.50. The Bertz CT molecular complexity index is 563.